The van der Waals surface area contributed by atoms with Crippen LogP contribution in [0.3, 0.4) is 0 Å². The van der Waals surface area contributed by atoms with E-state index >= 15 is 0 Å². The van der Waals surface area contributed by atoms with Crippen molar-refractivity contribution in [3.63, 3.8) is 0 Å². The van der Waals surface area contributed by atoms with Crippen molar-refractivity contribution in [2.75, 3.05) is 25.2 Å². The van der Waals surface area contributed by atoms with E-state index in [0.29, 0.717) is 28.0 Å². The molecule has 0 unspecified atom stereocenters. The Kier molecular flexibility index (Phi) is 9.00. The van der Waals surface area contributed by atoms with E-state index < -0.39 is 17.8 Å². The lowest BCUT2D eigenvalue weighted by Crippen LogP contribution is -2.54. The summed E-state index contributed by atoms with van der Waals surface area (Å²) in [5.41, 5.74) is 1.47. The molecule has 0 radical (unpaired) electrons. The van der Waals surface area contributed by atoms with Crippen LogP contribution in [-0.2, 0) is 20.8 Å². The Morgan fingerprint density at radius 1 is 1.08 bits per heavy atom. The van der Waals surface area contributed by atoms with Crippen molar-refractivity contribution in [2.45, 2.75) is 6.42 Å². The van der Waals surface area contributed by atoms with Gasteiger partial charge in [-0.25, -0.2) is 9.69 Å². The third-order valence-corrected chi connectivity index (χ3v) is 6.48. The summed E-state index contributed by atoms with van der Waals surface area (Å²) in [4.78, 5) is 51.2. The van der Waals surface area contributed by atoms with Crippen molar-refractivity contribution in [2.24, 2.45) is 0 Å². The minimum atomic E-state index is -0.881. The fraction of sp³-hybridized carbons (Fsp3) is 0.143. The van der Waals surface area contributed by atoms with E-state index in [-0.39, 0.29) is 35.3 Å². The normalized spacial score (nSPS) is 14.3. The lowest BCUT2D eigenvalue weighted by Gasteiger charge is -2.26. The van der Waals surface area contributed by atoms with Crippen LogP contribution in [0, 0.1) is 0 Å². The molecule has 0 aliphatic carbocycles. The van der Waals surface area contributed by atoms with Gasteiger partial charge in [0.25, 0.3) is 17.7 Å². The highest BCUT2D eigenvalue weighted by Gasteiger charge is 2.37. The SMILES string of the molecule is COc1cc(/C=C2/C(=O)NC(=O)N(c3cccc(Cl)c3)C2=O)cc(Br)c1OCC(=O)NCCc1ccccc1. The number of ether oxygens (including phenoxy) is 2. The zero-order valence-electron chi connectivity index (χ0n) is 20.7. The number of amides is 5. The second-order valence-corrected chi connectivity index (χ2v) is 9.64. The highest BCUT2D eigenvalue weighted by atomic mass is 79.9. The third kappa shape index (κ3) is 6.84. The number of carbonyl (C=O) groups is 4. The number of hydrogen-bond donors (Lipinski definition) is 2. The number of imide groups is 2. The number of hydrogen-bond acceptors (Lipinski definition) is 6. The molecule has 0 aromatic heterocycles. The molecule has 9 nitrogen and oxygen atoms in total. The van der Waals surface area contributed by atoms with Gasteiger partial charge in [0.1, 0.15) is 5.57 Å². The van der Waals surface area contributed by atoms with Crippen molar-refractivity contribution in [1.29, 1.82) is 0 Å². The molecule has 0 saturated carbocycles. The number of carbonyl (C=O) groups excluding carboxylic acids is 4. The molecular weight excluding hydrogens is 590 g/mol. The number of halogens is 2. The first-order valence-corrected chi connectivity index (χ1v) is 12.9. The number of urea groups is 1. The smallest absolute Gasteiger partial charge is 0.335 e. The molecule has 1 saturated heterocycles. The van der Waals surface area contributed by atoms with Crippen molar-refractivity contribution in [3.8, 4) is 11.5 Å². The fourth-order valence-corrected chi connectivity index (χ4v) is 4.58. The average Bonchev–Trinajstić information content (AvgIpc) is 2.90. The summed E-state index contributed by atoms with van der Waals surface area (Å²) in [5.74, 6) is -1.42. The predicted molar refractivity (Wildman–Crippen MR) is 150 cm³/mol. The Morgan fingerprint density at radius 3 is 2.56 bits per heavy atom. The molecule has 2 N–H and O–H groups in total. The Balaban J connectivity index is 1.48. The van der Waals surface area contributed by atoms with Crippen LogP contribution >= 0.6 is 27.5 Å². The van der Waals surface area contributed by atoms with Gasteiger partial charge >= 0.3 is 6.03 Å². The van der Waals surface area contributed by atoms with Gasteiger partial charge in [-0.1, -0.05) is 48.0 Å². The van der Waals surface area contributed by atoms with E-state index in [1.54, 1.807) is 24.3 Å². The second kappa shape index (κ2) is 12.6. The van der Waals surface area contributed by atoms with Crippen molar-refractivity contribution < 1.29 is 28.7 Å². The van der Waals surface area contributed by atoms with E-state index in [1.807, 2.05) is 30.3 Å². The Labute approximate surface area is 237 Å². The first kappa shape index (κ1) is 27.9. The monoisotopic (exact) mass is 611 g/mol. The van der Waals surface area contributed by atoms with Crippen LogP contribution in [0.4, 0.5) is 10.5 Å². The van der Waals surface area contributed by atoms with Gasteiger partial charge in [0.15, 0.2) is 18.1 Å². The molecule has 0 spiro atoms. The minimum Gasteiger partial charge on any atom is -0.493 e. The van der Waals surface area contributed by atoms with Gasteiger partial charge in [0, 0.05) is 11.6 Å². The van der Waals surface area contributed by atoms with Gasteiger partial charge in [-0.2, -0.15) is 0 Å². The second-order valence-electron chi connectivity index (χ2n) is 8.35. The number of barbiturate groups is 1. The molecule has 1 aliphatic rings. The van der Waals surface area contributed by atoms with Crippen LogP contribution in [0.1, 0.15) is 11.1 Å². The molecule has 4 rings (SSSR count). The first-order valence-electron chi connectivity index (χ1n) is 11.7. The number of rotatable bonds is 9. The van der Waals surface area contributed by atoms with Gasteiger partial charge < -0.3 is 14.8 Å². The Bertz CT molecular complexity index is 1460. The van der Waals surface area contributed by atoms with Gasteiger partial charge in [0.05, 0.1) is 17.3 Å². The molecule has 200 valence electrons. The zero-order valence-corrected chi connectivity index (χ0v) is 23.0. The van der Waals surface area contributed by atoms with Crippen LogP contribution in [0.2, 0.25) is 5.02 Å². The number of anilines is 1. The summed E-state index contributed by atoms with van der Waals surface area (Å²) in [5, 5.41) is 5.30. The standard InChI is InChI=1S/C28H23BrClN3O6/c1-38-23-14-18(12-21-26(35)32-28(37)33(27(21)36)20-9-5-8-19(30)15-20)13-22(29)25(23)39-16-24(34)31-11-10-17-6-3-2-4-7-17/h2-9,12-15H,10-11,16H2,1H3,(H,31,34)(H,32,35,37)/b21-12-. The maximum atomic E-state index is 13.1. The van der Waals surface area contributed by atoms with Crippen molar-refractivity contribution >= 4 is 63.0 Å². The quantitative estimate of drug-likeness (QED) is 0.272. The molecule has 0 bridgehead atoms. The highest BCUT2D eigenvalue weighted by molar-refractivity contribution is 9.10. The number of nitrogens with one attached hydrogen (secondary N) is 2. The largest absolute Gasteiger partial charge is 0.493 e. The summed E-state index contributed by atoms with van der Waals surface area (Å²) in [6.45, 7) is 0.212. The van der Waals surface area contributed by atoms with Crippen molar-refractivity contribution in [1.82, 2.24) is 10.6 Å². The summed E-state index contributed by atoms with van der Waals surface area (Å²) in [6.07, 6.45) is 2.02. The van der Waals surface area contributed by atoms with E-state index in [0.717, 1.165) is 10.5 Å². The average molecular weight is 613 g/mol. The van der Waals surface area contributed by atoms with Crippen molar-refractivity contribution in [3.05, 3.63) is 92.9 Å². The minimum absolute atomic E-state index is 0.216. The summed E-state index contributed by atoms with van der Waals surface area (Å²) >= 11 is 9.41. The lowest BCUT2D eigenvalue weighted by molar-refractivity contribution is -0.124. The van der Waals surface area contributed by atoms with Crippen LogP contribution < -0.4 is 25.0 Å². The molecular formula is C28H23BrClN3O6. The number of methoxy groups -OCH3 is 1. The van der Waals surface area contributed by atoms with E-state index in [1.165, 1.54) is 25.3 Å². The van der Waals surface area contributed by atoms with Crippen LogP contribution in [0.15, 0.2) is 76.8 Å². The number of benzene rings is 3. The Morgan fingerprint density at radius 2 is 1.85 bits per heavy atom. The predicted octanol–water partition coefficient (Wildman–Crippen LogP) is 4.52. The topological polar surface area (TPSA) is 114 Å². The lowest BCUT2D eigenvalue weighted by atomic mass is 10.1. The first-order chi connectivity index (χ1) is 18.8. The Hall–Kier alpha value is -4.15. The van der Waals surface area contributed by atoms with Gasteiger partial charge in [-0.05, 0) is 69.9 Å². The summed E-state index contributed by atoms with van der Waals surface area (Å²) in [7, 11) is 1.42. The van der Waals surface area contributed by atoms with E-state index in [4.69, 9.17) is 21.1 Å². The molecule has 1 heterocycles. The van der Waals surface area contributed by atoms with Crippen LogP contribution in [0.5, 0.6) is 11.5 Å². The molecule has 5 amide bonds. The number of nitrogens with zero attached hydrogens (tertiary/aromatic N) is 1. The highest BCUT2D eigenvalue weighted by Crippen LogP contribution is 2.37. The van der Waals surface area contributed by atoms with Gasteiger partial charge in [-0.15, -0.1) is 0 Å². The summed E-state index contributed by atoms with van der Waals surface area (Å²) < 4.78 is 11.5. The third-order valence-electron chi connectivity index (χ3n) is 5.66. The maximum absolute atomic E-state index is 13.1. The molecule has 1 fully saturated rings. The van der Waals surface area contributed by atoms with E-state index in [2.05, 4.69) is 26.6 Å². The van der Waals surface area contributed by atoms with E-state index in [9.17, 15) is 19.2 Å². The van der Waals surface area contributed by atoms with Crippen LogP contribution in [-0.4, -0.2) is 44.0 Å². The molecule has 39 heavy (non-hydrogen) atoms. The molecule has 3 aromatic rings. The van der Waals surface area contributed by atoms with Crippen LogP contribution in [0.25, 0.3) is 6.08 Å². The molecule has 3 aromatic carbocycles. The molecule has 11 heteroatoms. The molecule has 1 aliphatic heterocycles. The maximum Gasteiger partial charge on any atom is 0.335 e. The zero-order chi connectivity index (χ0) is 27.9. The van der Waals surface area contributed by atoms with Gasteiger partial charge in [-0.3, -0.25) is 19.7 Å². The fourth-order valence-electron chi connectivity index (χ4n) is 3.82. The van der Waals surface area contributed by atoms with Gasteiger partial charge in [0.2, 0.25) is 0 Å². The summed E-state index contributed by atoms with van der Waals surface area (Å²) in [6, 6.07) is 18.2. The molecule has 0 atom stereocenters.